The van der Waals surface area contributed by atoms with Crippen molar-refractivity contribution in [1.82, 2.24) is 5.32 Å². The van der Waals surface area contributed by atoms with E-state index in [2.05, 4.69) is 5.32 Å². The van der Waals surface area contributed by atoms with E-state index in [4.69, 9.17) is 0 Å². The van der Waals surface area contributed by atoms with Gasteiger partial charge in [0.25, 0.3) is 0 Å². The van der Waals surface area contributed by atoms with Gasteiger partial charge in [0.15, 0.2) is 9.84 Å². The SMILES string of the molecule is O=C(NC[C@@H](c1cccs1)S(=O)(=O)c1ccc(F)cc1)C1CCCCC1. The Hall–Kier alpha value is -1.73. The van der Waals surface area contributed by atoms with Crippen LogP contribution in [-0.4, -0.2) is 20.9 Å². The maximum absolute atomic E-state index is 13.2. The number of halogens is 1. The summed E-state index contributed by atoms with van der Waals surface area (Å²) in [6.07, 6.45) is 4.96. The van der Waals surface area contributed by atoms with Gasteiger partial charge in [-0.05, 0) is 48.6 Å². The lowest BCUT2D eigenvalue weighted by molar-refractivity contribution is -0.125. The van der Waals surface area contributed by atoms with Crippen molar-refractivity contribution in [3.63, 3.8) is 0 Å². The number of carbonyl (C=O) groups excluding carboxylic acids is 1. The van der Waals surface area contributed by atoms with Crippen molar-refractivity contribution < 1.29 is 17.6 Å². The quantitative estimate of drug-likeness (QED) is 0.749. The van der Waals surface area contributed by atoms with Crippen LogP contribution in [0.25, 0.3) is 0 Å². The van der Waals surface area contributed by atoms with E-state index in [0.29, 0.717) is 4.88 Å². The van der Waals surface area contributed by atoms with Gasteiger partial charge in [-0.25, -0.2) is 12.8 Å². The van der Waals surface area contributed by atoms with Gasteiger partial charge in [0.2, 0.25) is 5.91 Å². The van der Waals surface area contributed by atoms with Gasteiger partial charge in [0, 0.05) is 17.3 Å². The maximum Gasteiger partial charge on any atom is 0.223 e. The fourth-order valence-corrected chi connectivity index (χ4v) is 6.11. The molecule has 1 N–H and O–H groups in total. The standard InChI is InChI=1S/C19H22FNO3S2/c20-15-8-10-16(11-9-15)26(23,24)18(17-7-4-12-25-17)13-21-19(22)14-5-2-1-3-6-14/h4,7-12,14,18H,1-3,5-6,13H2,(H,21,22)/t18-/m0/s1. The highest BCUT2D eigenvalue weighted by Gasteiger charge is 2.31. The van der Waals surface area contributed by atoms with Gasteiger partial charge in [0.05, 0.1) is 4.90 Å². The van der Waals surface area contributed by atoms with Crippen molar-refractivity contribution in [2.75, 3.05) is 6.54 Å². The molecule has 1 fully saturated rings. The van der Waals surface area contributed by atoms with E-state index in [-0.39, 0.29) is 23.3 Å². The molecule has 1 aromatic heterocycles. The van der Waals surface area contributed by atoms with Gasteiger partial charge < -0.3 is 5.32 Å². The number of nitrogens with one attached hydrogen (secondary N) is 1. The topological polar surface area (TPSA) is 63.2 Å². The molecule has 1 aliphatic rings. The second-order valence-electron chi connectivity index (χ2n) is 6.58. The van der Waals surface area contributed by atoms with Crippen LogP contribution >= 0.6 is 11.3 Å². The van der Waals surface area contributed by atoms with Crippen LogP contribution in [0.2, 0.25) is 0 Å². The Morgan fingerprint density at radius 3 is 2.46 bits per heavy atom. The molecule has 1 heterocycles. The molecule has 1 aromatic carbocycles. The van der Waals surface area contributed by atoms with E-state index in [1.54, 1.807) is 12.1 Å². The molecule has 7 heteroatoms. The van der Waals surface area contributed by atoms with Crippen molar-refractivity contribution in [2.24, 2.45) is 5.92 Å². The van der Waals surface area contributed by atoms with Crippen LogP contribution in [0.1, 0.15) is 42.2 Å². The minimum absolute atomic E-state index is 0.0234. The molecule has 0 unspecified atom stereocenters. The van der Waals surface area contributed by atoms with Gasteiger partial charge in [0.1, 0.15) is 11.1 Å². The number of amides is 1. The average molecular weight is 396 g/mol. The number of hydrogen-bond acceptors (Lipinski definition) is 4. The first-order valence-corrected chi connectivity index (χ1v) is 11.2. The molecule has 0 bridgehead atoms. The monoisotopic (exact) mass is 395 g/mol. The Balaban J connectivity index is 1.79. The minimum atomic E-state index is -3.74. The van der Waals surface area contributed by atoms with Gasteiger partial charge in [-0.3, -0.25) is 4.79 Å². The summed E-state index contributed by atoms with van der Waals surface area (Å²) < 4.78 is 39.3. The molecule has 0 aliphatic heterocycles. The van der Waals surface area contributed by atoms with E-state index < -0.39 is 20.9 Å². The van der Waals surface area contributed by atoms with E-state index in [9.17, 15) is 17.6 Å². The molecular weight excluding hydrogens is 373 g/mol. The van der Waals surface area contributed by atoms with Gasteiger partial charge in [-0.1, -0.05) is 25.3 Å². The lowest BCUT2D eigenvalue weighted by Crippen LogP contribution is -2.36. The molecule has 1 aliphatic carbocycles. The fraction of sp³-hybridized carbons (Fsp3) is 0.421. The van der Waals surface area contributed by atoms with Crippen LogP contribution in [0.15, 0.2) is 46.7 Å². The van der Waals surface area contributed by atoms with Crippen LogP contribution in [0, 0.1) is 11.7 Å². The van der Waals surface area contributed by atoms with Crippen LogP contribution in [0.4, 0.5) is 4.39 Å². The third-order valence-electron chi connectivity index (χ3n) is 4.81. The van der Waals surface area contributed by atoms with E-state index in [1.807, 2.05) is 5.38 Å². The Morgan fingerprint density at radius 2 is 1.85 bits per heavy atom. The molecule has 1 amide bonds. The van der Waals surface area contributed by atoms with Gasteiger partial charge in [-0.2, -0.15) is 0 Å². The summed E-state index contributed by atoms with van der Waals surface area (Å²) >= 11 is 1.34. The fourth-order valence-electron chi connectivity index (χ4n) is 3.33. The largest absolute Gasteiger partial charge is 0.354 e. The molecule has 1 saturated carbocycles. The highest BCUT2D eigenvalue weighted by molar-refractivity contribution is 7.91. The van der Waals surface area contributed by atoms with Gasteiger partial charge in [-0.15, -0.1) is 11.3 Å². The molecule has 2 aromatic rings. The van der Waals surface area contributed by atoms with Crippen LogP contribution in [-0.2, 0) is 14.6 Å². The first-order chi connectivity index (χ1) is 12.5. The van der Waals surface area contributed by atoms with Crippen LogP contribution < -0.4 is 5.32 Å². The van der Waals surface area contributed by atoms with E-state index >= 15 is 0 Å². The lowest BCUT2D eigenvalue weighted by Gasteiger charge is -2.23. The first-order valence-electron chi connectivity index (χ1n) is 8.79. The number of thiophene rings is 1. The lowest BCUT2D eigenvalue weighted by atomic mass is 9.89. The second kappa shape index (κ2) is 8.31. The number of hydrogen-bond donors (Lipinski definition) is 1. The smallest absolute Gasteiger partial charge is 0.223 e. The summed E-state index contributed by atoms with van der Waals surface area (Å²) in [5, 5.41) is 3.78. The first kappa shape index (κ1) is 19.0. The predicted octanol–water partition coefficient (Wildman–Crippen LogP) is 4.10. The summed E-state index contributed by atoms with van der Waals surface area (Å²) in [6, 6.07) is 8.36. The van der Waals surface area contributed by atoms with Crippen molar-refractivity contribution in [2.45, 2.75) is 42.2 Å². The van der Waals surface area contributed by atoms with Crippen molar-refractivity contribution in [1.29, 1.82) is 0 Å². The number of rotatable bonds is 6. The molecule has 140 valence electrons. The van der Waals surface area contributed by atoms with Crippen LogP contribution in [0.5, 0.6) is 0 Å². The number of carbonyl (C=O) groups is 1. The second-order valence-corrected chi connectivity index (χ2v) is 9.69. The summed E-state index contributed by atoms with van der Waals surface area (Å²) in [5.74, 6) is -0.580. The van der Waals surface area contributed by atoms with E-state index in [0.717, 1.165) is 44.2 Å². The summed E-state index contributed by atoms with van der Waals surface area (Å²) in [5.41, 5.74) is 0. The Bertz CT molecular complexity index is 826. The highest BCUT2D eigenvalue weighted by Crippen LogP contribution is 2.32. The Kier molecular flexibility index (Phi) is 6.09. The molecule has 0 spiro atoms. The summed E-state index contributed by atoms with van der Waals surface area (Å²) in [7, 11) is -3.74. The van der Waals surface area contributed by atoms with E-state index in [1.165, 1.54) is 23.5 Å². The molecule has 26 heavy (non-hydrogen) atoms. The third kappa shape index (κ3) is 4.32. The average Bonchev–Trinajstić information content (AvgIpc) is 3.17. The maximum atomic E-state index is 13.2. The summed E-state index contributed by atoms with van der Waals surface area (Å²) in [6.45, 7) is 0.0234. The van der Waals surface area contributed by atoms with Gasteiger partial charge >= 0.3 is 0 Å². The zero-order chi connectivity index (χ0) is 18.6. The molecule has 0 saturated heterocycles. The zero-order valence-corrected chi connectivity index (χ0v) is 16.0. The molecule has 1 atom stereocenters. The van der Waals surface area contributed by atoms with Crippen molar-refractivity contribution in [3.05, 3.63) is 52.5 Å². The minimum Gasteiger partial charge on any atom is -0.354 e. The third-order valence-corrected chi connectivity index (χ3v) is 8.05. The van der Waals surface area contributed by atoms with Crippen molar-refractivity contribution in [3.8, 4) is 0 Å². The molecular formula is C19H22FNO3S2. The number of benzene rings is 1. The van der Waals surface area contributed by atoms with Crippen LogP contribution in [0.3, 0.4) is 0 Å². The summed E-state index contributed by atoms with van der Waals surface area (Å²) in [4.78, 5) is 13.2. The predicted molar refractivity (Wildman–Crippen MR) is 100 cm³/mol. The highest BCUT2D eigenvalue weighted by atomic mass is 32.2. The van der Waals surface area contributed by atoms with Crippen molar-refractivity contribution >= 4 is 27.1 Å². The molecule has 0 radical (unpaired) electrons. The number of sulfone groups is 1. The Labute approximate surface area is 157 Å². The zero-order valence-electron chi connectivity index (χ0n) is 14.4. The normalized spacial score (nSPS) is 17.0. The molecule has 4 nitrogen and oxygen atoms in total. The molecule has 3 rings (SSSR count). The Morgan fingerprint density at radius 1 is 1.15 bits per heavy atom.